The van der Waals surface area contributed by atoms with Crippen LogP contribution >= 0.6 is 0 Å². The topological polar surface area (TPSA) is 71.1 Å². The average molecular weight is 273 g/mol. The highest BCUT2D eigenvalue weighted by molar-refractivity contribution is 5.61. The Labute approximate surface area is 120 Å². The van der Waals surface area contributed by atoms with Crippen LogP contribution in [0.5, 0.6) is 5.75 Å². The summed E-state index contributed by atoms with van der Waals surface area (Å²) in [6.45, 7) is 0.590. The van der Waals surface area contributed by atoms with Crippen LogP contribution < -0.4 is 15.8 Å². The van der Waals surface area contributed by atoms with Gasteiger partial charge in [-0.3, -0.25) is 0 Å². The molecule has 4 nitrogen and oxygen atoms in total. The molecule has 0 radical (unpaired) electrons. The first kappa shape index (κ1) is 14.7. The SMILES string of the molecule is COc1ccc(C#N)c(NC(CN)C2CCCCC2)c1. The van der Waals surface area contributed by atoms with Gasteiger partial charge in [0.1, 0.15) is 11.8 Å². The molecule has 0 saturated heterocycles. The maximum absolute atomic E-state index is 9.22. The van der Waals surface area contributed by atoms with Crippen LogP contribution in [0.3, 0.4) is 0 Å². The van der Waals surface area contributed by atoms with Crippen molar-refractivity contribution in [2.24, 2.45) is 11.7 Å². The fourth-order valence-electron chi connectivity index (χ4n) is 2.97. The van der Waals surface area contributed by atoms with Crippen molar-refractivity contribution in [1.29, 1.82) is 5.26 Å². The van der Waals surface area contributed by atoms with Gasteiger partial charge in [-0.1, -0.05) is 19.3 Å². The smallest absolute Gasteiger partial charge is 0.121 e. The van der Waals surface area contributed by atoms with E-state index < -0.39 is 0 Å². The van der Waals surface area contributed by atoms with E-state index in [1.165, 1.54) is 32.1 Å². The van der Waals surface area contributed by atoms with E-state index in [1.807, 2.05) is 12.1 Å². The van der Waals surface area contributed by atoms with Crippen molar-refractivity contribution in [3.8, 4) is 11.8 Å². The van der Waals surface area contributed by atoms with Crippen LogP contribution in [0.1, 0.15) is 37.7 Å². The van der Waals surface area contributed by atoms with Crippen molar-refractivity contribution in [1.82, 2.24) is 0 Å². The Hall–Kier alpha value is -1.73. The van der Waals surface area contributed by atoms with Crippen molar-refractivity contribution in [3.63, 3.8) is 0 Å². The van der Waals surface area contributed by atoms with E-state index in [1.54, 1.807) is 13.2 Å². The van der Waals surface area contributed by atoms with E-state index in [2.05, 4.69) is 11.4 Å². The van der Waals surface area contributed by atoms with Crippen molar-refractivity contribution >= 4 is 5.69 Å². The molecule has 108 valence electrons. The number of nitrogens with two attached hydrogens (primary N) is 1. The Morgan fingerprint density at radius 1 is 1.40 bits per heavy atom. The van der Waals surface area contributed by atoms with Crippen molar-refractivity contribution in [3.05, 3.63) is 23.8 Å². The first-order valence-corrected chi connectivity index (χ1v) is 7.33. The first-order chi connectivity index (χ1) is 9.78. The molecule has 20 heavy (non-hydrogen) atoms. The molecular formula is C16H23N3O. The second-order valence-electron chi connectivity index (χ2n) is 5.41. The predicted molar refractivity (Wildman–Crippen MR) is 80.7 cm³/mol. The number of rotatable bonds is 5. The Bertz CT molecular complexity index is 475. The summed E-state index contributed by atoms with van der Waals surface area (Å²) >= 11 is 0. The number of ether oxygens (including phenoxy) is 1. The standard InChI is InChI=1S/C16H23N3O/c1-20-14-8-7-13(10-17)15(9-14)19-16(11-18)12-5-3-2-4-6-12/h7-9,12,16,19H,2-6,11,18H2,1H3. The van der Waals surface area contributed by atoms with Crippen molar-refractivity contribution < 1.29 is 4.74 Å². The predicted octanol–water partition coefficient (Wildman–Crippen LogP) is 2.89. The van der Waals surface area contributed by atoms with Crippen LogP contribution in [0.25, 0.3) is 0 Å². The largest absolute Gasteiger partial charge is 0.497 e. The third-order valence-corrected chi connectivity index (χ3v) is 4.16. The summed E-state index contributed by atoms with van der Waals surface area (Å²) in [5, 5.41) is 12.7. The van der Waals surface area contributed by atoms with Gasteiger partial charge in [-0.2, -0.15) is 5.26 Å². The quantitative estimate of drug-likeness (QED) is 0.865. The number of nitrogens with zero attached hydrogens (tertiary/aromatic N) is 1. The lowest BCUT2D eigenvalue weighted by atomic mass is 9.83. The monoisotopic (exact) mass is 273 g/mol. The Morgan fingerprint density at radius 2 is 2.15 bits per heavy atom. The molecule has 0 spiro atoms. The fourth-order valence-corrected chi connectivity index (χ4v) is 2.97. The van der Waals surface area contributed by atoms with Gasteiger partial charge in [-0.25, -0.2) is 0 Å². The van der Waals surface area contributed by atoms with Crippen molar-refractivity contribution in [2.75, 3.05) is 19.0 Å². The van der Waals surface area contributed by atoms with E-state index >= 15 is 0 Å². The average Bonchev–Trinajstić information content (AvgIpc) is 2.53. The van der Waals surface area contributed by atoms with E-state index in [-0.39, 0.29) is 6.04 Å². The third kappa shape index (κ3) is 3.43. The molecule has 1 saturated carbocycles. The lowest BCUT2D eigenvalue weighted by Crippen LogP contribution is -2.37. The van der Waals surface area contributed by atoms with Gasteiger partial charge in [0.15, 0.2) is 0 Å². The van der Waals surface area contributed by atoms with Crippen LogP contribution in [-0.4, -0.2) is 19.7 Å². The lowest BCUT2D eigenvalue weighted by Gasteiger charge is -2.31. The fraction of sp³-hybridized carbons (Fsp3) is 0.562. The minimum atomic E-state index is 0.231. The van der Waals surface area contributed by atoms with Gasteiger partial charge in [-0.15, -0.1) is 0 Å². The number of anilines is 1. The maximum Gasteiger partial charge on any atom is 0.121 e. The molecule has 0 heterocycles. The molecule has 4 heteroatoms. The highest BCUT2D eigenvalue weighted by Crippen LogP contribution is 2.29. The number of hydrogen-bond donors (Lipinski definition) is 2. The number of nitrogens with one attached hydrogen (secondary N) is 1. The number of methoxy groups -OCH3 is 1. The second-order valence-corrected chi connectivity index (χ2v) is 5.41. The lowest BCUT2D eigenvalue weighted by molar-refractivity contribution is 0.320. The van der Waals surface area contributed by atoms with E-state index in [4.69, 9.17) is 10.5 Å². The van der Waals surface area contributed by atoms with Crippen LogP contribution in [-0.2, 0) is 0 Å². The molecule has 0 aromatic heterocycles. The highest BCUT2D eigenvalue weighted by Gasteiger charge is 2.23. The first-order valence-electron chi connectivity index (χ1n) is 7.33. The van der Waals surface area contributed by atoms with Crippen LogP contribution in [0.2, 0.25) is 0 Å². The van der Waals surface area contributed by atoms with Gasteiger partial charge >= 0.3 is 0 Å². The van der Waals surface area contributed by atoms with Crippen molar-refractivity contribution in [2.45, 2.75) is 38.1 Å². The Morgan fingerprint density at radius 3 is 2.75 bits per heavy atom. The summed E-state index contributed by atoms with van der Waals surface area (Å²) in [6.07, 6.45) is 6.34. The van der Waals surface area contributed by atoms with Gasteiger partial charge in [0, 0.05) is 18.7 Å². The molecule has 1 atom stereocenters. The molecule has 1 aromatic rings. The molecule has 1 aromatic carbocycles. The Kier molecular flexibility index (Phi) is 5.25. The minimum Gasteiger partial charge on any atom is -0.497 e. The summed E-state index contributed by atoms with van der Waals surface area (Å²) in [5.74, 6) is 1.36. The number of hydrogen-bond acceptors (Lipinski definition) is 4. The Balaban J connectivity index is 2.15. The summed E-state index contributed by atoms with van der Waals surface area (Å²) < 4.78 is 5.23. The zero-order valence-electron chi connectivity index (χ0n) is 12.1. The van der Waals surface area contributed by atoms with Gasteiger partial charge in [0.05, 0.1) is 18.4 Å². The molecular weight excluding hydrogens is 250 g/mol. The van der Waals surface area contributed by atoms with Gasteiger partial charge < -0.3 is 15.8 Å². The summed E-state index contributed by atoms with van der Waals surface area (Å²) in [4.78, 5) is 0. The minimum absolute atomic E-state index is 0.231. The zero-order chi connectivity index (χ0) is 14.4. The second kappa shape index (κ2) is 7.16. The molecule has 1 unspecified atom stereocenters. The normalized spacial score (nSPS) is 17.2. The van der Waals surface area contributed by atoms with E-state index in [9.17, 15) is 5.26 Å². The molecule has 2 rings (SSSR count). The van der Waals surface area contributed by atoms with Crippen LogP contribution in [0, 0.1) is 17.2 Å². The third-order valence-electron chi connectivity index (χ3n) is 4.16. The number of nitriles is 1. The van der Waals surface area contributed by atoms with E-state index in [0.29, 0.717) is 18.0 Å². The van der Waals surface area contributed by atoms with Gasteiger partial charge in [-0.05, 0) is 30.9 Å². The van der Waals surface area contributed by atoms with E-state index in [0.717, 1.165) is 11.4 Å². The molecule has 1 aliphatic carbocycles. The van der Waals surface area contributed by atoms with Gasteiger partial charge in [0.25, 0.3) is 0 Å². The highest BCUT2D eigenvalue weighted by atomic mass is 16.5. The van der Waals surface area contributed by atoms with Crippen LogP contribution in [0.4, 0.5) is 5.69 Å². The molecule has 1 fully saturated rings. The molecule has 0 amide bonds. The summed E-state index contributed by atoms with van der Waals surface area (Å²) in [6, 6.07) is 7.93. The maximum atomic E-state index is 9.22. The number of benzene rings is 1. The molecule has 1 aliphatic rings. The van der Waals surface area contributed by atoms with Crippen LogP contribution in [0.15, 0.2) is 18.2 Å². The zero-order valence-corrected chi connectivity index (χ0v) is 12.1. The molecule has 0 aliphatic heterocycles. The molecule has 0 bridgehead atoms. The summed E-state index contributed by atoms with van der Waals surface area (Å²) in [5.41, 5.74) is 7.40. The van der Waals surface area contributed by atoms with Gasteiger partial charge in [0.2, 0.25) is 0 Å². The summed E-state index contributed by atoms with van der Waals surface area (Å²) in [7, 11) is 1.63. The molecule has 3 N–H and O–H groups in total.